The van der Waals surface area contributed by atoms with E-state index < -0.39 is 16.7 Å². The van der Waals surface area contributed by atoms with Gasteiger partial charge in [-0.05, 0) is 24.3 Å². The lowest BCUT2D eigenvalue weighted by molar-refractivity contribution is -0.380. The molecular weight excluding hydrogens is 338 g/mol. The summed E-state index contributed by atoms with van der Waals surface area (Å²) in [5, 5.41) is 10.4. The number of thiophene rings is 1. The molecule has 0 spiro atoms. The molecule has 24 heavy (non-hydrogen) atoms. The minimum atomic E-state index is -0.651. The fourth-order valence-corrected chi connectivity index (χ4v) is 2.49. The molecule has 0 saturated heterocycles. The fourth-order valence-electron chi connectivity index (χ4n) is 1.77. The quantitative estimate of drug-likeness (QED) is 0.625. The second-order valence-corrected chi connectivity index (χ2v) is 5.44. The molecule has 2 amide bonds. The number of nitrogens with zero attached hydrogens (tertiary/aromatic N) is 1. The molecule has 0 aliphatic rings. The number of carbonyl (C=O) groups excluding carboxylic acids is 2. The molecule has 2 N–H and O–H groups in total. The Morgan fingerprint density at radius 1 is 1.04 bits per heavy atom. The van der Waals surface area contributed by atoms with Gasteiger partial charge in [-0.25, -0.2) is 0 Å². The van der Waals surface area contributed by atoms with Gasteiger partial charge >= 0.3 is 5.00 Å². The molecule has 0 bridgehead atoms. The minimum Gasteiger partial charge on any atom is -0.493 e. The van der Waals surface area contributed by atoms with Gasteiger partial charge in [0.2, 0.25) is 0 Å². The van der Waals surface area contributed by atoms with E-state index in [4.69, 9.17) is 9.47 Å². The Hall–Kier alpha value is -3.14. The highest BCUT2D eigenvalue weighted by Crippen LogP contribution is 2.27. The molecule has 0 saturated carbocycles. The van der Waals surface area contributed by atoms with Crippen LogP contribution in [-0.2, 0) is 0 Å². The molecule has 1 aromatic heterocycles. The van der Waals surface area contributed by atoms with Gasteiger partial charge in [0.05, 0.1) is 19.1 Å². The highest BCUT2D eigenvalue weighted by molar-refractivity contribution is 7.17. The van der Waals surface area contributed by atoms with E-state index in [1.165, 1.54) is 38.5 Å². The van der Waals surface area contributed by atoms with E-state index in [0.717, 1.165) is 0 Å². The summed E-state index contributed by atoms with van der Waals surface area (Å²) in [4.78, 5) is 34.0. The molecule has 0 atom stereocenters. The molecule has 0 aliphatic carbocycles. The summed E-state index contributed by atoms with van der Waals surface area (Å²) in [5.41, 5.74) is 4.66. The number of amides is 2. The van der Waals surface area contributed by atoms with Gasteiger partial charge in [-0.15, -0.1) is 0 Å². The molecule has 10 heteroatoms. The third-order valence-corrected chi connectivity index (χ3v) is 3.97. The van der Waals surface area contributed by atoms with Crippen LogP contribution in [0.1, 0.15) is 20.0 Å². The fraction of sp³-hybridized carbons (Fsp3) is 0.143. The average Bonchev–Trinajstić information content (AvgIpc) is 3.09. The summed E-state index contributed by atoms with van der Waals surface area (Å²) in [7, 11) is 2.91. The summed E-state index contributed by atoms with van der Waals surface area (Å²) in [5.74, 6) is -0.397. The third kappa shape index (κ3) is 3.79. The molecule has 9 nitrogen and oxygen atoms in total. The van der Waals surface area contributed by atoms with Crippen molar-refractivity contribution in [3.8, 4) is 11.5 Å². The smallest absolute Gasteiger partial charge is 0.324 e. The SMILES string of the molecule is COc1ccc(C(=O)NNC(=O)c2ccc([N+](=O)[O-])s2)cc1OC. The van der Waals surface area contributed by atoms with Crippen molar-refractivity contribution in [1.29, 1.82) is 0 Å². The molecule has 1 heterocycles. The summed E-state index contributed by atoms with van der Waals surface area (Å²) >= 11 is 0.709. The Kier molecular flexibility index (Phi) is 5.32. The van der Waals surface area contributed by atoms with Crippen molar-refractivity contribution in [2.24, 2.45) is 0 Å². The molecule has 2 aromatic rings. The third-order valence-electron chi connectivity index (χ3n) is 2.93. The molecule has 126 valence electrons. The van der Waals surface area contributed by atoms with Crippen LogP contribution < -0.4 is 20.3 Å². The number of rotatable bonds is 5. The normalized spacial score (nSPS) is 9.92. The van der Waals surface area contributed by atoms with Gasteiger partial charge in [-0.3, -0.25) is 30.6 Å². The number of hydrogen-bond donors (Lipinski definition) is 2. The van der Waals surface area contributed by atoms with Crippen molar-refractivity contribution in [3.05, 3.63) is 50.9 Å². The van der Waals surface area contributed by atoms with E-state index in [9.17, 15) is 19.7 Å². The lowest BCUT2D eigenvalue weighted by atomic mass is 10.2. The molecule has 1 aromatic carbocycles. The van der Waals surface area contributed by atoms with Gasteiger partial charge in [0.1, 0.15) is 4.88 Å². The Labute approximate surface area is 140 Å². The van der Waals surface area contributed by atoms with Crippen LogP contribution in [0.25, 0.3) is 0 Å². The number of hydrazine groups is 1. The van der Waals surface area contributed by atoms with Crippen molar-refractivity contribution in [3.63, 3.8) is 0 Å². The van der Waals surface area contributed by atoms with E-state index in [0.29, 0.717) is 22.8 Å². The van der Waals surface area contributed by atoms with Crippen molar-refractivity contribution in [2.75, 3.05) is 14.2 Å². The van der Waals surface area contributed by atoms with Gasteiger partial charge in [0, 0.05) is 11.6 Å². The first-order valence-corrected chi connectivity index (χ1v) is 7.35. The molecule has 0 aliphatic heterocycles. The van der Waals surface area contributed by atoms with Crippen LogP contribution >= 0.6 is 11.3 Å². The number of methoxy groups -OCH3 is 2. The zero-order valence-electron chi connectivity index (χ0n) is 12.7. The Bertz CT molecular complexity index is 789. The van der Waals surface area contributed by atoms with Crippen LogP contribution in [0.15, 0.2) is 30.3 Å². The lowest BCUT2D eigenvalue weighted by Gasteiger charge is -2.10. The number of nitro groups is 1. The minimum absolute atomic E-state index is 0.106. The van der Waals surface area contributed by atoms with E-state index in [2.05, 4.69) is 10.9 Å². The topological polar surface area (TPSA) is 120 Å². The van der Waals surface area contributed by atoms with Crippen LogP contribution in [0.3, 0.4) is 0 Å². The summed E-state index contributed by atoms with van der Waals surface area (Å²) in [6.07, 6.45) is 0. The highest BCUT2D eigenvalue weighted by Gasteiger charge is 2.16. The Morgan fingerprint density at radius 3 is 2.29 bits per heavy atom. The van der Waals surface area contributed by atoms with E-state index in [1.807, 2.05) is 0 Å². The number of nitrogens with one attached hydrogen (secondary N) is 2. The first-order chi connectivity index (χ1) is 11.5. The van der Waals surface area contributed by atoms with Crippen LogP contribution in [-0.4, -0.2) is 31.0 Å². The number of carbonyl (C=O) groups is 2. The van der Waals surface area contributed by atoms with Crippen LogP contribution in [0.5, 0.6) is 11.5 Å². The number of hydrogen-bond acceptors (Lipinski definition) is 7. The highest BCUT2D eigenvalue weighted by atomic mass is 32.1. The number of benzene rings is 1. The van der Waals surface area contributed by atoms with Crippen molar-refractivity contribution in [1.82, 2.24) is 10.9 Å². The Balaban J connectivity index is 2.02. The van der Waals surface area contributed by atoms with Crippen LogP contribution in [0.2, 0.25) is 0 Å². The molecular formula is C14H13N3O6S. The first-order valence-electron chi connectivity index (χ1n) is 6.53. The maximum atomic E-state index is 12.0. The van der Waals surface area contributed by atoms with Crippen LogP contribution in [0.4, 0.5) is 5.00 Å². The number of ether oxygens (including phenoxy) is 2. The Morgan fingerprint density at radius 2 is 1.71 bits per heavy atom. The molecule has 2 rings (SSSR count). The van der Waals surface area contributed by atoms with E-state index >= 15 is 0 Å². The first kappa shape index (κ1) is 17.2. The predicted molar refractivity (Wildman–Crippen MR) is 85.5 cm³/mol. The van der Waals surface area contributed by atoms with Crippen molar-refractivity contribution >= 4 is 28.2 Å². The van der Waals surface area contributed by atoms with E-state index in [1.54, 1.807) is 6.07 Å². The van der Waals surface area contributed by atoms with Crippen molar-refractivity contribution in [2.45, 2.75) is 0 Å². The van der Waals surface area contributed by atoms with Gasteiger partial charge in [-0.1, -0.05) is 11.3 Å². The van der Waals surface area contributed by atoms with Crippen molar-refractivity contribution < 1.29 is 24.0 Å². The largest absolute Gasteiger partial charge is 0.493 e. The standard InChI is InChI=1S/C14H13N3O6S/c1-22-9-4-3-8(7-10(9)23-2)13(18)15-16-14(19)11-5-6-12(24-11)17(20)21/h3-7H,1-2H3,(H,15,18)(H,16,19). The zero-order valence-corrected chi connectivity index (χ0v) is 13.5. The van der Waals surface area contributed by atoms with Gasteiger partial charge in [-0.2, -0.15) is 0 Å². The molecule has 0 fully saturated rings. The summed E-state index contributed by atoms with van der Waals surface area (Å²) in [6, 6.07) is 7.03. The maximum absolute atomic E-state index is 12.0. The molecule has 0 unspecified atom stereocenters. The maximum Gasteiger partial charge on any atom is 0.324 e. The van der Waals surface area contributed by atoms with Gasteiger partial charge in [0.15, 0.2) is 11.5 Å². The lowest BCUT2D eigenvalue weighted by Crippen LogP contribution is -2.41. The van der Waals surface area contributed by atoms with Gasteiger partial charge in [0.25, 0.3) is 11.8 Å². The van der Waals surface area contributed by atoms with Crippen LogP contribution in [0, 0.1) is 10.1 Å². The zero-order chi connectivity index (χ0) is 17.7. The second-order valence-electron chi connectivity index (χ2n) is 4.37. The molecule has 0 radical (unpaired) electrons. The predicted octanol–water partition coefficient (Wildman–Crippen LogP) is 1.75. The monoisotopic (exact) mass is 351 g/mol. The second kappa shape index (κ2) is 7.42. The van der Waals surface area contributed by atoms with Gasteiger partial charge < -0.3 is 9.47 Å². The summed E-state index contributed by atoms with van der Waals surface area (Å²) < 4.78 is 10.2. The summed E-state index contributed by atoms with van der Waals surface area (Å²) in [6.45, 7) is 0. The van der Waals surface area contributed by atoms with E-state index in [-0.39, 0.29) is 15.4 Å². The average molecular weight is 351 g/mol.